The van der Waals surface area contributed by atoms with Gasteiger partial charge in [-0.25, -0.2) is 0 Å². The standard InChI is InChI=1S/C17H30N4O2/c1-3-14-12-16(23-21-14)13-20-17(18-2)19-10-11-22-15-8-6-4-5-7-9-15/h12,15H,3-11,13H2,1-2H3,(H2,18,19,20). The van der Waals surface area contributed by atoms with E-state index in [0.717, 1.165) is 30.4 Å². The number of nitrogens with zero attached hydrogens (tertiary/aromatic N) is 2. The van der Waals surface area contributed by atoms with Crippen LogP contribution < -0.4 is 10.6 Å². The first-order chi connectivity index (χ1) is 11.3. The molecule has 23 heavy (non-hydrogen) atoms. The summed E-state index contributed by atoms with van der Waals surface area (Å²) in [4.78, 5) is 4.21. The smallest absolute Gasteiger partial charge is 0.191 e. The first kappa shape index (κ1) is 17.8. The Bertz CT molecular complexity index is 465. The molecule has 6 nitrogen and oxygen atoms in total. The quantitative estimate of drug-likeness (QED) is 0.349. The van der Waals surface area contributed by atoms with Crippen molar-refractivity contribution < 1.29 is 9.26 Å². The highest BCUT2D eigenvalue weighted by atomic mass is 16.5. The fourth-order valence-corrected chi connectivity index (χ4v) is 2.80. The Balaban J connectivity index is 1.60. The van der Waals surface area contributed by atoms with Crippen molar-refractivity contribution in [2.24, 2.45) is 4.99 Å². The number of hydrogen-bond acceptors (Lipinski definition) is 4. The van der Waals surface area contributed by atoms with E-state index in [1.807, 2.05) is 6.07 Å². The molecule has 1 fully saturated rings. The van der Waals surface area contributed by atoms with Crippen molar-refractivity contribution in [1.82, 2.24) is 15.8 Å². The number of rotatable bonds is 7. The number of guanidine groups is 1. The minimum absolute atomic E-state index is 0.441. The average Bonchev–Trinajstić information content (AvgIpc) is 2.88. The Morgan fingerprint density at radius 3 is 2.74 bits per heavy atom. The van der Waals surface area contributed by atoms with Crippen LogP contribution in [-0.4, -0.2) is 37.4 Å². The van der Waals surface area contributed by atoms with Gasteiger partial charge < -0.3 is 19.9 Å². The molecule has 1 saturated carbocycles. The number of nitrogens with one attached hydrogen (secondary N) is 2. The molecule has 0 radical (unpaired) electrons. The minimum Gasteiger partial charge on any atom is -0.376 e. The van der Waals surface area contributed by atoms with Gasteiger partial charge >= 0.3 is 0 Å². The molecule has 130 valence electrons. The lowest BCUT2D eigenvalue weighted by Crippen LogP contribution is -2.38. The lowest BCUT2D eigenvalue weighted by Gasteiger charge is -2.16. The van der Waals surface area contributed by atoms with Gasteiger partial charge in [-0.05, 0) is 19.3 Å². The molecule has 0 bridgehead atoms. The topological polar surface area (TPSA) is 71.7 Å². The van der Waals surface area contributed by atoms with Crippen LogP contribution in [0.3, 0.4) is 0 Å². The highest BCUT2D eigenvalue weighted by Gasteiger charge is 2.12. The van der Waals surface area contributed by atoms with Crippen molar-refractivity contribution in [3.05, 3.63) is 17.5 Å². The van der Waals surface area contributed by atoms with Crippen LogP contribution in [-0.2, 0) is 17.7 Å². The molecule has 1 aliphatic carbocycles. The van der Waals surface area contributed by atoms with Crippen LogP contribution in [0.2, 0.25) is 0 Å². The third-order valence-corrected chi connectivity index (χ3v) is 4.17. The number of aromatic nitrogens is 1. The molecule has 1 heterocycles. The third kappa shape index (κ3) is 6.60. The third-order valence-electron chi connectivity index (χ3n) is 4.17. The van der Waals surface area contributed by atoms with Crippen molar-refractivity contribution in [3.63, 3.8) is 0 Å². The van der Waals surface area contributed by atoms with Crippen molar-refractivity contribution in [1.29, 1.82) is 0 Å². The van der Waals surface area contributed by atoms with E-state index in [1.54, 1.807) is 7.05 Å². The molecule has 0 atom stereocenters. The first-order valence-corrected chi connectivity index (χ1v) is 8.82. The molecular weight excluding hydrogens is 292 g/mol. The van der Waals surface area contributed by atoms with E-state index < -0.39 is 0 Å². The van der Waals surface area contributed by atoms with Crippen LogP contribution in [0.4, 0.5) is 0 Å². The van der Waals surface area contributed by atoms with Gasteiger partial charge in [-0.3, -0.25) is 4.99 Å². The zero-order valence-electron chi connectivity index (χ0n) is 14.4. The van der Waals surface area contributed by atoms with E-state index in [4.69, 9.17) is 9.26 Å². The fraction of sp³-hybridized carbons (Fsp3) is 0.765. The van der Waals surface area contributed by atoms with Gasteiger partial charge in [0.1, 0.15) is 0 Å². The maximum Gasteiger partial charge on any atom is 0.191 e. The average molecular weight is 322 g/mol. The number of aryl methyl sites for hydroxylation is 1. The Labute approximate surface area is 139 Å². The predicted octanol–water partition coefficient (Wildman–Crippen LogP) is 2.64. The summed E-state index contributed by atoms with van der Waals surface area (Å²) in [6.07, 6.45) is 9.06. The van der Waals surface area contributed by atoms with Gasteiger partial charge in [0.2, 0.25) is 0 Å². The van der Waals surface area contributed by atoms with Crippen LogP contribution >= 0.6 is 0 Å². The highest BCUT2D eigenvalue weighted by molar-refractivity contribution is 5.79. The summed E-state index contributed by atoms with van der Waals surface area (Å²) >= 11 is 0. The van der Waals surface area contributed by atoms with Crippen LogP contribution in [0.5, 0.6) is 0 Å². The number of hydrogen-bond donors (Lipinski definition) is 2. The predicted molar refractivity (Wildman–Crippen MR) is 91.5 cm³/mol. The van der Waals surface area contributed by atoms with Gasteiger partial charge in [0, 0.05) is 19.7 Å². The second kappa shape index (κ2) is 10.3. The Kier molecular flexibility index (Phi) is 7.93. The van der Waals surface area contributed by atoms with E-state index in [0.29, 0.717) is 19.3 Å². The van der Waals surface area contributed by atoms with E-state index >= 15 is 0 Å². The first-order valence-electron chi connectivity index (χ1n) is 8.82. The molecule has 0 amide bonds. The van der Waals surface area contributed by atoms with Gasteiger partial charge in [0.25, 0.3) is 0 Å². The molecule has 0 unspecified atom stereocenters. The molecule has 1 aromatic rings. The second-order valence-electron chi connectivity index (χ2n) is 5.98. The van der Waals surface area contributed by atoms with Gasteiger partial charge in [-0.2, -0.15) is 0 Å². The summed E-state index contributed by atoms with van der Waals surface area (Å²) in [7, 11) is 1.76. The second-order valence-corrected chi connectivity index (χ2v) is 5.98. The molecule has 0 spiro atoms. The summed E-state index contributed by atoms with van der Waals surface area (Å²) in [5, 5.41) is 10.5. The lowest BCUT2D eigenvalue weighted by atomic mass is 10.1. The molecule has 0 saturated heterocycles. The molecule has 0 aromatic carbocycles. The largest absolute Gasteiger partial charge is 0.376 e. The summed E-state index contributed by atoms with van der Waals surface area (Å²) in [6, 6.07) is 1.97. The molecule has 2 N–H and O–H groups in total. The zero-order chi connectivity index (χ0) is 16.3. The van der Waals surface area contributed by atoms with Gasteiger partial charge in [-0.15, -0.1) is 0 Å². The molecule has 1 aliphatic rings. The monoisotopic (exact) mass is 322 g/mol. The summed E-state index contributed by atoms with van der Waals surface area (Å²) in [5.74, 6) is 1.57. The van der Waals surface area contributed by atoms with Gasteiger partial charge in [0.15, 0.2) is 11.7 Å². The SMILES string of the molecule is CCc1cc(CNC(=NC)NCCOC2CCCCCC2)on1. The summed E-state index contributed by atoms with van der Waals surface area (Å²) in [6.45, 7) is 4.11. The van der Waals surface area contributed by atoms with Gasteiger partial charge in [0.05, 0.1) is 24.9 Å². The van der Waals surface area contributed by atoms with E-state index in [2.05, 4.69) is 27.7 Å². The van der Waals surface area contributed by atoms with Crippen LogP contribution in [0.25, 0.3) is 0 Å². The van der Waals surface area contributed by atoms with E-state index in [9.17, 15) is 0 Å². The van der Waals surface area contributed by atoms with Crippen molar-refractivity contribution in [3.8, 4) is 0 Å². The molecular formula is C17H30N4O2. The normalized spacial score (nSPS) is 17.0. The maximum atomic E-state index is 5.96. The zero-order valence-corrected chi connectivity index (χ0v) is 14.4. The molecule has 6 heteroatoms. The van der Waals surface area contributed by atoms with Gasteiger partial charge in [-0.1, -0.05) is 37.8 Å². The molecule has 1 aromatic heterocycles. The van der Waals surface area contributed by atoms with Crippen LogP contribution in [0.1, 0.15) is 56.9 Å². The summed E-state index contributed by atoms with van der Waals surface area (Å²) < 4.78 is 11.2. The Morgan fingerprint density at radius 2 is 2.09 bits per heavy atom. The van der Waals surface area contributed by atoms with Crippen molar-refractivity contribution in [2.75, 3.05) is 20.2 Å². The summed E-state index contributed by atoms with van der Waals surface area (Å²) in [5.41, 5.74) is 0.974. The Morgan fingerprint density at radius 1 is 1.30 bits per heavy atom. The lowest BCUT2D eigenvalue weighted by molar-refractivity contribution is 0.0468. The van der Waals surface area contributed by atoms with E-state index in [1.165, 1.54) is 38.5 Å². The fourth-order valence-electron chi connectivity index (χ4n) is 2.80. The number of aliphatic imine (C=N–C) groups is 1. The minimum atomic E-state index is 0.441. The van der Waals surface area contributed by atoms with Crippen LogP contribution in [0, 0.1) is 0 Å². The Hall–Kier alpha value is -1.56. The highest BCUT2D eigenvalue weighted by Crippen LogP contribution is 2.19. The van der Waals surface area contributed by atoms with Crippen LogP contribution in [0.15, 0.2) is 15.6 Å². The van der Waals surface area contributed by atoms with Crippen molar-refractivity contribution >= 4 is 5.96 Å². The molecule has 2 rings (SSSR count). The van der Waals surface area contributed by atoms with Crippen molar-refractivity contribution in [2.45, 2.75) is 64.5 Å². The number of ether oxygens (including phenoxy) is 1. The maximum absolute atomic E-state index is 5.96. The molecule has 0 aliphatic heterocycles. The van der Waals surface area contributed by atoms with E-state index in [-0.39, 0.29) is 0 Å².